The topological polar surface area (TPSA) is 87.1 Å². The Labute approximate surface area is 204 Å². The Balaban J connectivity index is 1.50. The highest BCUT2D eigenvalue weighted by molar-refractivity contribution is 9.10. The fourth-order valence-electron chi connectivity index (χ4n) is 3.56. The summed E-state index contributed by atoms with van der Waals surface area (Å²) in [5, 5.41) is 7.27. The van der Waals surface area contributed by atoms with Gasteiger partial charge in [-0.25, -0.2) is 0 Å². The van der Waals surface area contributed by atoms with Crippen LogP contribution in [0.4, 0.5) is 0 Å². The van der Waals surface area contributed by atoms with Gasteiger partial charge >= 0.3 is 0 Å². The van der Waals surface area contributed by atoms with Crippen LogP contribution in [0.15, 0.2) is 75.4 Å². The van der Waals surface area contributed by atoms with Gasteiger partial charge in [0, 0.05) is 28.2 Å². The summed E-state index contributed by atoms with van der Waals surface area (Å²) < 4.78 is 5.73. The molecule has 0 aliphatic rings. The van der Waals surface area contributed by atoms with Gasteiger partial charge in [-0.3, -0.25) is 9.59 Å². The van der Waals surface area contributed by atoms with E-state index in [0.29, 0.717) is 22.7 Å². The van der Waals surface area contributed by atoms with Crippen molar-refractivity contribution >= 4 is 56.3 Å². The lowest BCUT2D eigenvalue weighted by Crippen LogP contribution is -2.35. The van der Waals surface area contributed by atoms with Crippen molar-refractivity contribution in [2.75, 3.05) is 6.54 Å². The van der Waals surface area contributed by atoms with E-state index in [1.807, 2.05) is 25.1 Å². The molecule has 0 aliphatic carbocycles. The summed E-state index contributed by atoms with van der Waals surface area (Å²) in [5.74, 6) is -0.837. The van der Waals surface area contributed by atoms with Crippen molar-refractivity contribution in [2.45, 2.75) is 13.3 Å². The molecule has 33 heavy (non-hydrogen) atoms. The van der Waals surface area contributed by atoms with Crippen LogP contribution in [-0.2, 0) is 11.2 Å². The Kier molecular flexibility index (Phi) is 7.01. The number of fused-ring (bicyclic) bond motifs is 1. The van der Waals surface area contributed by atoms with Gasteiger partial charge in [0.1, 0.15) is 5.70 Å². The maximum Gasteiger partial charge on any atom is 0.291 e. The fourth-order valence-corrected chi connectivity index (χ4v) is 3.99. The van der Waals surface area contributed by atoms with E-state index >= 15 is 0 Å². The summed E-state index contributed by atoms with van der Waals surface area (Å²) in [4.78, 5) is 29.0. The first kappa shape index (κ1) is 22.9. The lowest BCUT2D eigenvalue weighted by atomic mass is 10.1. The van der Waals surface area contributed by atoms with Crippen molar-refractivity contribution in [3.8, 4) is 0 Å². The second kappa shape index (κ2) is 10.1. The molecule has 2 amide bonds. The lowest BCUT2D eigenvalue weighted by Gasteiger charge is -2.11. The summed E-state index contributed by atoms with van der Waals surface area (Å²) in [6.45, 7) is 2.42. The minimum Gasteiger partial charge on any atom is -0.444 e. The number of aromatic amines is 1. The quantitative estimate of drug-likeness (QED) is 0.273. The number of aromatic nitrogens is 1. The average Bonchev–Trinajstić information content (AvgIpc) is 3.37. The Bertz CT molecular complexity index is 1340. The third-order valence-corrected chi connectivity index (χ3v) is 5.84. The Morgan fingerprint density at radius 1 is 1.09 bits per heavy atom. The number of aryl methyl sites for hydroxylation is 1. The zero-order chi connectivity index (χ0) is 23.4. The molecule has 4 rings (SSSR count). The molecule has 0 atom stereocenters. The summed E-state index contributed by atoms with van der Waals surface area (Å²) in [5.41, 5.74) is 4.11. The predicted octanol–water partition coefficient (Wildman–Crippen LogP) is 5.62. The van der Waals surface area contributed by atoms with Crippen LogP contribution in [0.25, 0.3) is 17.0 Å². The van der Waals surface area contributed by atoms with Crippen molar-refractivity contribution in [1.29, 1.82) is 0 Å². The molecular formula is C25H21BrClN3O3. The standard InChI is InChI=1S/C25H21BrClN3O3/c1-15-18(19-4-2-3-5-20(19)29-15)12-13-28-24(31)21(14-16-6-8-17(27)9-7-16)30-25(32)22-10-11-23(26)33-22/h2-11,14,29H,12-13H2,1H3,(H,28,31)(H,30,32)/b21-14-. The summed E-state index contributed by atoms with van der Waals surface area (Å²) in [6.07, 6.45) is 2.24. The number of para-hydroxylation sites is 1. The number of furan rings is 1. The Hall–Kier alpha value is -3.29. The number of amides is 2. The number of H-pyrrole nitrogens is 1. The lowest BCUT2D eigenvalue weighted by molar-refractivity contribution is -0.117. The van der Waals surface area contributed by atoms with E-state index in [4.69, 9.17) is 16.0 Å². The second-order valence-corrected chi connectivity index (χ2v) is 8.67. The summed E-state index contributed by atoms with van der Waals surface area (Å²) >= 11 is 9.14. The van der Waals surface area contributed by atoms with Gasteiger partial charge in [0.05, 0.1) is 0 Å². The molecule has 6 nitrogen and oxygen atoms in total. The van der Waals surface area contributed by atoms with Crippen LogP contribution < -0.4 is 10.6 Å². The van der Waals surface area contributed by atoms with Gasteiger partial charge in [0.2, 0.25) is 0 Å². The van der Waals surface area contributed by atoms with Gasteiger partial charge in [-0.05, 0) is 76.8 Å². The molecule has 0 aliphatic heterocycles. The molecule has 168 valence electrons. The first-order chi connectivity index (χ1) is 15.9. The highest BCUT2D eigenvalue weighted by atomic mass is 79.9. The number of benzene rings is 2. The number of carbonyl (C=O) groups excluding carboxylic acids is 2. The van der Waals surface area contributed by atoms with Crippen LogP contribution in [-0.4, -0.2) is 23.3 Å². The minimum absolute atomic E-state index is 0.0890. The molecular weight excluding hydrogens is 506 g/mol. The van der Waals surface area contributed by atoms with E-state index in [1.54, 1.807) is 36.4 Å². The SMILES string of the molecule is Cc1[nH]c2ccccc2c1CCNC(=O)/C(=C/c1ccc(Cl)cc1)NC(=O)c1ccc(Br)o1. The van der Waals surface area contributed by atoms with Gasteiger partial charge < -0.3 is 20.0 Å². The maximum absolute atomic E-state index is 13.0. The van der Waals surface area contributed by atoms with Gasteiger partial charge in [-0.2, -0.15) is 0 Å². The molecule has 2 heterocycles. The number of halogens is 2. The monoisotopic (exact) mass is 525 g/mol. The van der Waals surface area contributed by atoms with Gasteiger partial charge in [-0.1, -0.05) is 41.9 Å². The summed E-state index contributed by atoms with van der Waals surface area (Å²) in [6, 6.07) is 18.2. The van der Waals surface area contributed by atoms with Crippen molar-refractivity contribution in [2.24, 2.45) is 0 Å². The number of rotatable bonds is 7. The molecule has 0 saturated carbocycles. The zero-order valence-corrected chi connectivity index (χ0v) is 20.1. The second-order valence-electron chi connectivity index (χ2n) is 7.45. The third-order valence-electron chi connectivity index (χ3n) is 5.16. The molecule has 2 aromatic heterocycles. The van der Waals surface area contributed by atoms with E-state index in [9.17, 15) is 9.59 Å². The van der Waals surface area contributed by atoms with Crippen LogP contribution in [0, 0.1) is 6.92 Å². The smallest absolute Gasteiger partial charge is 0.291 e. The van der Waals surface area contributed by atoms with Crippen LogP contribution in [0.3, 0.4) is 0 Å². The van der Waals surface area contributed by atoms with E-state index in [0.717, 1.165) is 27.7 Å². The highest BCUT2D eigenvalue weighted by Gasteiger charge is 2.17. The van der Waals surface area contributed by atoms with E-state index in [2.05, 4.69) is 37.6 Å². The van der Waals surface area contributed by atoms with Crippen LogP contribution in [0.2, 0.25) is 5.02 Å². The van der Waals surface area contributed by atoms with E-state index in [-0.39, 0.29) is 11.5 Å². The molecule has 0 spiro atoms. The fraction of sp³-hybridized carbons (Fsp3) is 0.120. The Morgan fingerprint density at radius 2 is 1.85 bits per heavy atom. The van der Waals surface area contributed by atoms with E-state index < -0.39 is 11.8 Å². The van der Waals surface area contributed by atoms with Crippen molar-refractivity contribution in [3.63, 3.8) is 0 Å². The maximum atomic E-state index is 13.0. The molecule has 0 saturated heterocycles. The first-order valence-electron chi connectivity index (χ1n) is 10.3. The van der Waals surface area contributed by atoms with Crippen molar-refractivity contribution in [3.05, 3.63) is 98.6 Å². The number of hydrogen-bond acceptors (Lipinski definition) is 3. The van der Waals surface area contributed by atoms with Gasteiger partial charge in [-0.15, -0.1) is 0 Å². The van der Waals surface area contributed by atoms with Crippen molar-refractivity contribution < 1.29 is 14.0 Å². The molecule has 0 radical (unpaired) electrons. The first-order valence-corrected chi connectivity index (χ1v) is 11.5. The average molecular weight is 527 g/mol. The molecule has 0 fully saturated rings. The highest BCUT2D eigenvalue weighted by Crippen LogP contribution is 2.22. The summed E-state index contributed by atoms with van der Waals surface area (Å²) in [7, 11) is 0. The third kappa shape index (κ3) is 5.56. The normalized spacial score (nSPS) is 11.5. The van der Waals surface area contributed by atoms with Crippen LogP contribution in [0.5, 0.6) is 0 Å². The predicted molar refractivity (Wildman–Crippen MR) is 133 cm³/mol. The van der Waals surface area contributed by atoms with Gasteiger partial charge in [0.25, 0.3) is 11.8 Å². The largest absolute Gasteiger partial charge is 0.444 e. The molecule has 2 aromatic carbocycles. The molecule has 0 bridgehead atoms. The number of nitrogens with one attached hydrogen (secondary N) is 3. The molecule has 3 N–H and O–H groups in total. The number of hydrogen-bond donors (Lipinski definition) is 3. The van der Waals surface area contributed by atoms with Crippen LogP contribution >= 0.6 is 27.5 Å². The minimum atomic E-state index is -0.525. The van der Waals surface area contributed by atoms with Crippen LogP contribution in [0.1, 0.15) is 27.4 Å². The number of carbonyl (C=O) groups is 2. The van der Waals surface area contributed by atoms with Crippen molar-refractivity contribution in [1.82, 2.24) is 15.6 Å². The van der Waals surface area contributed by atoms with E-state index in [1.165, 1.54) is 6.07 Å². The molecule has 0 unspecified atom stereocenters. The zero-order valence-electron chi connectivity index (χ0n) is 17.7. The molecule has 4 aromatic rings. The van der Waals surface area contributed by atoms with Gasteiger partial charge in [0.15, 0.2) is 10.4 Å². The Morgan fingerprint density at radius 3 is 2.58 bits per heavy atom. The molecule has 8 heteroatoms.